The first-order valence-corrected chi connectivity index (χ1v) is 6.66. The summed E-state index contributed by atoms with van der Waals surface area (Å²) in [7, 11) is 0. The molecule has 0 spiro atoms. The molecular weight excluding hydrogens is 310 g/mol. The van der Waals surface area contributed by atoms with Gasteiger partial charge in [-0.1, -0.05) is 12.1 Å². The standard InChI is InChI=1S/C14H14BrNO3/c1-9(6-10-2-4-12(17)5-3-10)16-14(18)11-7-13(15)19-8-11/h2-5,7-9,17H,6H2,1H3,(H,16,18). The number of phenols is 1. The van der Waals surface area contributed by atoms with Crippen LogP contribution in [-0.2, 0) is 6.42 Å². The molecule has 0 aliphatic heterocycles. The Bertz CT molecular complexity index is 562. The Hall–Kier alpha value is -1.75. The van der Waals surface area contributed by atoms with Crippen LogP contribution in [-0.4, -0.2) is 17.1 Å². The Morgan fingerprint density at radius 1 is 1.42 bits per heavy atom. The van der Waals surface area contributed by atoms with Gasteiger partial charge in [0, 0.05) is 12.1 Å². The van der Waals surface area contributed by atoms with Crippen molar-refractivity contribution in [3.8, 4) is 5.75 Å². The Morgan fingerprint density at radius 2 is 2.11 bits per heavy atom. The van der Waals surface area contributed by atoms with Crippen LogP contribution in [0, 0.1) is 0 Å². The maximum Gasteiger partial charge on any atom is 0.254 e. The van der Waals surface area contributed by atoms with E-state index >= 15 is 0 Å². The van der Waals surface area contributed by atoms with Gasteiger partial charge in [-0.05, 0) is 47.0 Å². The number of halogens is 1. The van der Waals surface area contributed by atoms with Gasteiger partial charge in [0.05, 0.1) is 5.56 Å². The van der Waals surface area contributed by atoms with Crippen molar-refractivity contribution >= 4 is 21.8 Å². The van der Waals surface area contributed by atoms with Crippen molar-refractivity contribution in [1.82, 2.24) is 5.32 Å². The van der Waals surface area contributed by atoms with Gasteiger partial charge < -0.3 is 14.8 Å². The van der Waals surface area contributed by atoms with Crippen molar-refractivity contribution in [3.63, 3.8) is 0 Å². The number of furan rings is 1. The van der Waals surface area contributed by atoms with Gasteiger partial charge in [-0.3, -0.25) is 4.79 Å². The fraction of sp³-hybridized carbons (Fsp3) is 0.214. The molecule has 0 aliphatic rings. The van der Waals surface area contributed by atoms with Crippen LogP contribution in [0.2, 0.25) is 0 Å². The number of carbonyl (C=O) groups is 1. The fourth-order valence-electron chi connectivity index (χ4n) is 1.77. The Labute approximate surface area is 119 Å². The number of benzene rings is 1. The molecule has 0 saturated heterocycles. The number of amides is 1. The summed E-state index contributed by atoms with van der Waals surface area (Å²) in [6.07, 6.45) is 2.11. The molecule has 0 saturated carbocycles. The highest BCUT2D eigenvalue weighted by Crippen LogP contribution is 2.15. The summed E-state index contributed by atoms with van der Waals surface area (Å²) in [5.41, 5.74) is 1.54. The highest BCUT2D eigenvalue weighted by atomic mass is 79.9. The number of carbonyl (C=O) groups excluding carboxylic acids is 1. The molecule has 0 aliphatic carbocycles. The van der Waals surface area contributed by atoms with E-state index in [4.69, 9.17) is 4.42 Å². The van der Waals surface area contributed by atoms with Gasteiger partial charge in [-0.25, -0.2) is 0 Å². The summed E-state index contributed by atoms with van der Waals surface area (Å²) < 4.78 is 5.56. The van der Waals surface area contributed by atoms with Crippen molar-refractivity contribution in [2.45, 2.75) is 19.4 Å². The lowest BCUT2D eigenvalue weighted by Gasteiger charge is -2.13. The zero-order valence-electron chi connectivity index (χ0n) is 10.4. The molecular formula is C14H14BrNO3. The molecule has 1 heterocycles. The molecule has 5 heteroatoms. The summed E-state index contributed by atoms with van der Waals surface area (Å²) in [5.74, 6) is 0.0735. The van der Waals surface area contributed by atoms with Crippen LogP contribution in [0.25, 0.3) is 0 Å². The number of aromatic hydroxyl groups is 1. The van der Waals surface area contributed by atoms with Gasteiger partial charge in [0.15, 0.2) is 4.67 Å². The van der Waals surface area contributed by atoms with Crippen molar-refractivity contribution in [2.75, 3.05) is 0 Å². The monoisotopic (exact) mass is 323 g/mol. The maximum absolute atomic E-state index is 11.9. The van der Waals surface area contributed by atoms with E-state index in [1.807, 2.05) is 19.1 Å². The average molecular weight is 324 g/mol. The van der Waals surface area contributed by atoms with Gasteiger partial charge in [0.1, 0.15) is 12.0 Å². The molecule has 0 radical (unpaired) electrons. The molecule has 0 fully saturated rings. The van der Waals surface area contributed by atoms with Crippen molar-refractivity contribution < 1.29 is 14.3 Å². The Morgan fingerprint density at radius 3 is 2.68 bits per heavy atom. The third-order valence-electron chi connectivity index (χ3n) is 2.69. The second-order valence-electron chi connectivity index (χ2n) is 4.38. The van der Waals surface area contributed by atoms with Crippen LogP contribution in [0.3, 0.4) is 0 Å². The van der Waals surface area contributed by atoms with Crippen LogP contribution in [0.15, 0.2) is 45.7 Å². The minimum atomic E-state index is -0.166. The highest BCUT2D eigenvalue weighted by molar-refractivity contribution is 9.10. The first-order chi connectivity index (χ1) is 9.04. The first-order valence-electron chi connectivity index (χ1n) is 5.87. The van der Waals surface area contributed by atoms with Crippen LogP contribution in [0.1, 0.15) is 22.8 Å². The third-order valence-corrected chi connectivity index (χ3v) is 3.10. The van der Waals surface area contributed by atoms with Crippen molar-refractivity contribution in [1.29, 1.82) is 0 Å². The lowest BCUT2D eigenvalue weighted by atomic mass is 10.1. The normalized spacial score (nSPS) is 12.1. The molecule has 19 heavy (non-hydrogen) atoms. The summed E-state index contributed by atoms with van der Waals surface area (Å²) in [6.45, 7) is 1.93. The van der Waals surface area contributed by atoms with Crippen molar-refractivity contribution in [2.24, 2.45) is 0 Å². The lowest BCUT2D eigenvalue weighted by molar-refractivity contribution is 0.0939. The Kier molecular flexibility index (Phi) is 4.27. The molecule has 0 bridgehead atoms. The lowest BCUT2D eigenvalue weighted by Crippen LogP contribution is -2.33. The second kappa shape index (κ2) is 5.93. The van der Waals surface area contributed by atoms with Crippen LogP contribution < -0.4 is 5.32 Å². The van der Waals surface area contributed by atoms with Gasteiger partial charge in [0.25, 0.3) is 5.91 Å². The quantitative estimate of drug-likeness (QED) is 0.908. The minimum Gasteiger partial charge on any atom is -0.508 e. The molecule has 1 atom stereocenters. The van der Waals surface area contributed by atoms with E-state index in [1.54, 1.807) is 18.2 Å². The average Bonchev–Trinajstić information content (AvgIpc) is 2.79. The number of rotatable bonds is 4. The molecule has 2 N–H and O–H groups in total. The van der Waals surface area contributed by atoms with E-state index in [9.17, 15) is 9.90 Å². The van der Waals surface area contributed by atoms with E-state index in [0.717, 1.165) is 5.56 Å². The fourth-order valence-corrected chi connectivity index (χ4v) is 2.11. The second-order valence-corrected chi connectivity index (χ2v) is 5.17. The third kappa shape index (κ3) is 3.86. The molecule has 2 rings (SSSR count). The van der Waals surface area contributed by atoms with Crippen LogP contribution >= 0.6 is 15.9 Å². The summed E-state index contributed by atoms with van der Waals surface area (Å²) in [6, 6.07) is 8.57. The summed E-state index contributed by atoms with van der Waals surface area (Å²) >= 11 is 3.16. The smallest absolute Gasteiger partial charge is 0.254 e. The SMILES string of the molecule is CC(Cc1ccc(O)cc1)NC(=O)c1coc(Br)c1. The highest BCUT2D eigenvalue weighted by Gasteiger charge is 2.12. The van der Waals surface area contributed by atoms with E-state index < -0.39 is 0 Å². The van der Waals surface area contributed by atoms with E-state index in [0.29, 0.717) is 16.7 Å². The molecule has 1 unspecified atom stereocenters. The number of phenolic OH excluding ortho intramolecular Hbond substituents is 1. The predicted octanol–water partition coefficient (Wildman–Crippen LogP) is 3.11. The largest absolute Gasteiger partial charge is 0.508 e. The molecule has 1 aromatic heterocycles. The molecule has 100 valence electrons. The number of hydrogen-bond donors (Lipinski definition) is 2. The van der Waals surface area contributed by atoms with Gasteiger partial charge in [-0.15, -0.1) is 0 Å². The maximum atomic E-state index is 11.9. The topological polar surface area (TPSA) is 62.5 Å². The number of hydrogen-bond acceptors (Lipinski definition) is 3. The van der Waals surface area contributed by atoms with Gasteiger partial charge in [-0.2, -0.15) is 0 Å². The predicted molar refractivity (Wildman–Crippen MR) is 75.1 cm³/mol. The summed E-state index contributed by atoms with van der Waals surface area (Å²) in [5, 5.41) is 12.1. The number of nitrogens with one attached hydrogen (secondary N) is 1. The van der Waals surface area contributed by atoms with Crippen molar-refractivity contribution in [3.05, 3.63) is 52.4 Å². The molecule has 2 aromatic rings. The minimum absolute atomic E-state index is 0.00859. The Balaban J connectivity index is 1.92. The molecule has 4 nitrogen and oxygen atoms in total. The van der Waals surface area contributed by atoms with E-state index in [-0.39, 0.29) is 17.7 Å². The zero-order valence-corrected chi connectivity index (χ0v) is 12.0. The van der Waals surface area contributed by atoms with Crippen LogP contribution in [0.4, 0.5) is 0 Å². The summed E-state index contributed by atoms with van der Waals surface area (Å²) in [4.78, 5) is 11.9. The van der Waals surface area contributed by atoms with Gasteiger partial charge in [0.2, 0.25) is 0 Å². The van der Waals surface area contributed by atoms with E-state index in [1.165, 1.54) is 6.26 Å². The van der Waals surface area contributed by atoms with Crippen LogP contribution in [0.5, 0.6) is 5.75 Å². The van der Waals surface area contributed by atoms with Gasteiger partial charge >= 0.3 is 0 Å². The molecule has 1 aromatic carbocycles. The van der Waals surface area contributed by atoms with E-state index in [2.05, 4.69) is 21.2 Å². The molecule has 1 amide bonds. The zero-order chi connectivity index (χ0) is 13.8. The first kappa shape index (κ1) is 13.7.